The van der Waals surface area contributed by atoms with Gasteiger partial charge in [0, 0.05) is 36.3 Å². The lowest BCUT2D eigenvalue weighted by Crippen LogP contribution is -2.30. The lowest BCUT2D eigenvalue weighted by Gasteiger charge is -2.12. The number of nitrogens with two attached hydrogens (primary N) is 3. The molecule has 0 spiro atoms. The number of benzene rings is 1. The van der Waals surface area contributed by atoms with Crippen molar-refractivity contribution in [1.29, 1.82) is 0 Å². The van der Waals surface area contributed by atoms with Crippen LogP contribution >= 0.6 is 0 Å². The van der Waals surface area contributed by atoms with E-state index >= 15 is 0 Å². The number of carbonyl (C=O) groups is 3. The molecule has 0 atom stereocenters. The lowest BCUT2D eigenvalue weighted by molar-refractivity contribution is 0.0952. The van der Waals surface area contributed by atoms with Gasteiger partial charge in [-0.2, -0.15) is 0 Å². The van der Waals surface area contributed by atoms with Crippen molar-refractivity contribution in [1.82, 2.24) is 63.8 Å². The summed E-state index contributed by atoms with van der Waals surface area (Å²) in [6, 6.07) is 4.78. The maximum absolute atomic E-state index is 13.4. The van der Waals surface area contributed by atoms with Gasteiger partial charge in [-0.25, -0.2) is 0 Å². The smallest absolute Gasteiger partial charge is 0.251 e. The van der Waals surface area contributed by atoms with Crippen LogP contribution in [0, 0.1) is 0 Å². The molecule has 0 aliphatic rings. The third kappa shape index (κ3) is 41.0. The van der Waals surface area contributed by atoms with Crippen LogP contribution in [0.5, 0.6) is 0 Å². The second-order valence-electron chi connectivity index (χ2n) is 17.7. The second kappa shape index (κ2) is 50.5. The van der Waals surface area contributed by atoms with Crippen molar-refractivity contribution >= 4 is 17.7 Å². The summed E-state index contributed by atoms with van der Waals surface area (Å²) in [7, 11) is 0. The molecule has 18 heteroatoms. The fourth-order valence-electron chi connectivity index (χ4n) is 7.22. The topological polar surface area (TPSA) is 274 Å². The predicted octanol–water partition coefficient (Wildman–Crippen LogP) is 0.690. The Hall–Kier alpha value is -2.85. The molecule has 18 N–H and O–H groups in total. The van der Waals surface area contributed by atoms with E-state index in [0.717, 1.165) is 221 Å². The second-order valence-corrected chi connectivity index (χ2v) is 17.7. The van der Waals surface area contributed by atoms with E-state index in [1.54, 1.807) is 18.2 Å². The summed E-state index contributed by atoms with van der Waals surface area (Å²) in [5.74, 6) is -0.866. The molecule has 0 fully saturated rings. The van der Waals surface area contributed by atoms with Gasteiger partial charge in [0.05, 0.1) is 0 Å². The van der Waals surface area contributed by atoms with E-state index in [2.05, 4.69) is 63.8 Å². The van der Waals surface area contributed by atoms with Crippen LogP contribution in [-0.4, -0.2) is 175 Å². The molecule has 396 valence electrons. The molecule has 18 nitrogen and oxygen atoms in total. The number of rotatable bonds is 53. The van der Waals surface area contributed by atoms with E-state index in [0.29, 0.717) is 36.3 Å². The average Bonchev–Trinajstić information content (AvgIpc) is 3.35. The molecule has 1 aromatic carbocycles. The number of nitrogens with one attached hydrogen (secondary N) is 12. The van der Waals surface area contributed by atoms with Crippen LogP contribution in [-0.2, 0) is 0 Å². The molecule has 0 aliphatic heterocycles. The maximum Gasteiger partial charge on any atom is 0.251 e. The molecule has 0 bridgehead atoms. The molecule has 0 heterocycles. The molecule has 1 rings (SSSR count). The van der Waals surface area contributed by atoms with Gasteiger partial charge in [0.2, 0.25) is 0 Å². The van der Waals surface area contributed by atoms with Gasteiger partial charge in [0.15, 0.2) is 0 Å². The Kier molecular flexibility index (Phi) is 46.9. The van der Waals surface area contributed by atoms with Gasteiger partial charge in [0.1, 0.15) is 0 Å². The van der Waals surface area contributed by atoms with E-state index in [-0.39, 0.29) is 17.7 Å². The van der Waals surface area contributed by atoms with Crippen molar-refractivity contribution in [3.63, 3.8) is 0 Å². The zero-order valence-corrected chi connectivity index (χ0v) is 42.7. The predicted molar refractivity (Wildman–Crippen MR) is 285 cm³/mol. The highest BCUT2D eigenvalue weighted by Crippen LogP contribution is 2.12. The monoisotopic (exact) mass is 962 g/mol. The average molecular weight is 962 g/mol. The zero-order chi connectivity index (χ0) is 49.1. The summed E-state index contributed by atoms with van der Waals surface area (Å²) in [5, 5.41) is 40.2. The van der Waals surface area contributed by atoms with Crippen molar-refractivity contribution in [2.24, 2.45) is 17.2 Å². The Morgan fingerprint density at radius 1 is 0.250 bits per heavy atom. The van der Waals surface area contributed by atoms with Gasteiger partial charge >= 0.3 is 0 Å². The molecule has 0 radical (unpaired) electrons. The number of unbranched alkanes of at least 4 members (excludes halogenated alkanes) is 5. The molecule has 0 saturated heterocycles. The largest absolute Gasteiger partial charge is 0.352 e. The Labute approximate surface area is 413 Å². The van der Waals surface area contributed by atoms with E-state index in [1.807, 2.05) is 0 Å². The number of amides is 3. The summed E-state index contributed by atoms with van der Waals surface area (Å²) < 4.78 is 0. The van der Waals surface area contributed by atoms with Gasteiger partial charge in [-0.05, 0) is 265 Å². The summed E-state index contributed by atoms with van der Waals surface area (Å²) in [4.78, 5) is 40.1. The first-order valence-corrected chi connectivity index (χ1v) is 27.0. The van der Waals surface area contributed by atoms with Crippen LogP contribution in [0.2, 0.25) is 0 Å². The molecule has 0 aromatic heterocycles. The third-order valence-corrected chi connectivity index (χ3v) is 11.3. The number of carbonyl (C=O) groups excluding carboxylic acids is 3. The van der Waals surface area contributed by atoms with E-state index in [1.165, 1.54) is 25.7 Å². The first-order valence-electron chi connectivity index (χ1n) is 27.0. The first-order chi connectivity index (χ1) is 33.5. The molecule has 0 unspecified atom stereocenters. The van der Waals surface area contributed by atoms with E-state index in [4.69, 9.17) is 17.2 Å². The third-order valence-electron chi connectivity index (χ3n) is 11.3. The van der Waals surface area contributed by atoms with Crippen LogP contribution in [0.4, 0.5) is 0 Å². The summed E-state index contributed by atoms with van der Waals surface area (Å²) in [6.07, 6.45) is 17.3. The molecule has 1 aromatic rings. The van der Waals surface area contributed by atoms with Gasteiger partial charge in [-0.3, -0.25) is 14.4 Å². The van der Waals surface area contributed by atoms with Gasteiger partial charge in [0.25, 0.3) is 17.7 Å². The molecule has 0 saturated carbocycles. The maximum atomic E-state index is 13.4. The van der Waals surface area contributed by atoms with Crippen molar-refractivity contribution in [2.45, 2.75) is 109 Å². The van der Waals surface area contributed by atoms with Gasteiger partial charge < -0.3 is 81.0 Å². The Bertz CT molecular complexity index is 1230. The van der Waals surface area contributed by atoms with E-state index < -0.39 is 0 Å². The molecule has 68 heavy (non-hydrogen) atoms. The zero-order valence-electron chi connectivity index (χ0n) is 42.7. The highest BCUT2D eigenvalue weighted by molar-refractivity contribution is 6.04. The van der Waals surface area contributed by atoms with Gasteiger partial charge in [-0.15, -0.1) is 0 Å². The first kappa shape index (κ1) is 63.2. The van der Waals surface area contributed by atoms with Crippen LogP contribution in [0.3, 0.4) is 0 Å². The van der Waals surface area contributed by atoms with Crippen LogP contribution in [0.25, 0.3) is 0 Å². The number of hydrogen-bond donors (Lipinski definition) is 15. The standard InChI is InChI=1S/C50H103N15O3/c51-18-11-28-54-21-1-3-23-56-31-14-33-58-25-5-8-39-63-48(66)45-42-46(49(67)64-40-9-6-26-59-34-15-32-57-24-4-2-22-55-29-12-19-52)44-47(43-45)50(68)65-41-10-7-27-60-35-16-37-62-38-17-36-61-30-13-20-53/h42-44,54-62H,1-41,51-53H2,(H,63,66)(H,64,67)(H,65,68). The van der Waals surface area contributed by atoms with Gasteiger partial charge in [-0.1, -0.05) is 0 Å². The minimum atomic E-state index is -0.289. The minimum absolute atomic E-state index is 0.289. The molecular weight excluding hydrogens is 859 g/mol. The van der Waals surface area contributed by atoms with E-state index in [9.17, 15) is 14.4 Å². The van der Waals surface area contributed by atoms with Crippen LogP contribution < -0.4 is 81.0 Å². The Balaban J connectivity index is 2.43. The van der Waals surface area contributed by atoms with Crippen molar-refractivity contribution < 1.29 is 14.4 Å². The molecular formula is C50H103N15O3. The highest BCUT2D eigenvalue weighted by atomic mass is 16.2. The van der Waals surface area contributed by atoms with Crippen molar-refractivity contribution in [3.05, 3.63) is 34.9 Å². The Morgan fingerprint density at radius 2 is 0.412 bits per heavy atom. The highest BCUT2D eigenvalue weighted by Gasteiger charge is 2.16. The molecule has 3 amide bonds. The summed E-state index contributed by atoms with van der Waals surface area (Å²) in [6.45, 7) is 21.4. The van der Waals surface area contributed by atoms with Crippen LogP contribution in [0.1, 0.15) is 140 Å². The SMILES string of the molecule is NCCCNCCCCNCCCNCCCCNC(=O)c1cc(C(=O)NCCCCNCCCNCCCCNCCCN)cc(C(=O)NCCCCNCCCNCCCNCCCN)c1. The van der Waals surface area contributed by atoms with Crippen molar-refractivity contribution in [2.75, 3.05) is 157 Å². The fourth-order valence-corrected chi connectivity index (χ4v) is 7.22. The number of hydrogen-bond acceptors (Lipinski definition) is 15. The summed E-state index contributed by atoms with van der Waals surface area (Å²) in [5.41, 5.74) is 17.5. The van der Waals surface area contributed by atoms with Crippen molar-refractivity contribution in [3.8, 4) is 0 Å². The van der Waals surface area contributed by atoms with Crippen LogP contribution in [0.15, 0.2) is 18.2 Å². The summed E-state index contributed by atoms with van der Waals surface area (Å²) >= 11 is 0. The quantitative estimate of drug-likeness (QED) is 0.0401. The normalized spacial score (nSPS) is 11.3. The minimum Gasteiger partial charge on any atom is -0.352 e. The molecule has 0 aliphatic carbocycles. The fraction of sp³-hybridized carbons (Fsp3) is 0.820. The Morgan fingerprint density at radius 3 is 0.603 bits per heavy atom. The lowest BCUT2D eigenvalue weighted by atomic mass is 10.0.